The molecule has 0 bridgehead atoms. The third-order valence-corrected chi connectivity index (χ3v) is 3.99. The zero-order valence-corrected chi connectivity index (χ0v) is 13.1. The lowest BCUT2D eigenvalue weighted by molar-refractivity contribution is 0.552. The first-order valence-corrected chi connectivity index (χ1v) is 7.85. The smallest absolute Gasteiger partial charge is 0.124 e. The van der Waals surface area contributed by atoms with Crippen LogP contribution >= 0.6 is 23.2 Å². The lowest BCUT2D eigenvalue weighted by atomic mass is 10.3. The van der Waals surface area contributed by atoms with Crippen molar-refractivity contribution in [3.8, 4) is 0 Å². The first kappa shape index (κ1) is 14.4. The predicted molar refractivity (Wildman–Crippen MR) is 85.8 cm³/mol. The van der Waals surface area contributed by atoms with E-state index in [-0.39, 0.29) is 0 Å². The largest absolute Gasteiger partial charge is 0.337 e. The van der Waals surface area contributed by atoms with Crippen LogP contribution in [-0.4, -0.2) is 19.1 Å². The average Bonchev–Trinajstić information content (AvgIpc) is 3.10. The molecule has 0 radical (unpaired) electrons. The Kier molecular flexibility index (Phi) is 4.46. The molecular formula is C15H16Cl2N4. The molecule has 0 aliphatic carbocycles. The number of nitrogens with zero attached hydrogens (tertiary/aromatic N) is 4. The third kappa shape index (κ3) is 3.22. The lowest BCUT2D eigenvalue weighted by Gasteiger charge is -2.08. The number of rotatable bonds is 6. The molecule has 0 fully saturated rings. The van der Waals surface area contributed by atoms with E-state index in [2.05, 4.69) is 19.1 Å². The number of aryl methyl sites for hydroxylation is 2. The van der Waals surface area contributed by atoms with Crippen molar-refractivity contribution in [1.82, 2.24) is 19.1 Å². The van der Waals surface area contributed by atoms with Gasteiger partial charge in [-0.25, -0.2) is 9.97 Å². The van der Waals surface area contributed by atoms with Crippen molar-refractivity contribution in [2.24, 2.45) is 0 Å². The predicted octanol–water partition coefficient (Wildman–Crippen LogP) is 4.11. The quantitative estimate of drug-likeness (QED) is 0.506. The molecule has 110 valence electrons. The molecule has 0 unspecified atom stereocenters. The molecule has 0 aliphatic heterocycles. The summed E-state index contributed by atoms with van der Waals surface area (Å²) in [7, 11) is 0. The molecule has 3 aromatic rings. The van der Waals surface area contributed by atoms with Crippen molar-refractivity contribution in [3.63, 3.8) is 0 Å². The van der Waals surface area contributed by atoms with Crippen LogP contribution in [0.2, 0.25) is 5.02 Å². The first-order chi connectivity index (χ1) is 10.3. The normalized spacial score (nSPS) is 11.3. The maximum Gasteiger partial charge on any atom is 0.124 e. The summed E-state index contributed by atoms with van der Waals surface area (Å²) in [6.45, 7) is 1.89. The van der Waals surface area contributed by atoms with Gasteiger partial charge in [-0.15, -0.1) is 11.6 Å². The molecule has 0 aliphatic rings. The summed E-state index contributed by atoms with van der Waals surface area (Å²) in [5, 5.41) is 0.702. The van der Waals surface area contributed by atoms with E-state index in [0.29, 0.717) is 10.9 Å². The van der Waals surface area contributed by atoms with E-state index in [9.17, 15) is 0 Å². The van der Waals surface area contributed by atoms with E-state index in [0.717, 1.165) is 42.8 Å². The molecule has 6 heteroatoms. The van der Waals surface area contributed by atoms with Crippen LogP contribution in [0, 0.1) is 0 Å². The number of halogens is 2. The molecule has 0 spiro atoms. The molecule has 0 saturated heterocycles. The molecule has 0 N–H and O–H groups in total. The van der Waals surface area contributed by atoms with Gasteiger partial charge in [0.05, 0.1) is 23.2 Å². The van der Waals surface area contributed by atoms with Crippen LogP contribution in [0.3, 0.4) is 0 Å². The van der Waals surface area contributed by atoms with Crippen molar-refractivity contribution >= 4 is 34.2 Å². The Morgan fingerprint density at radius 1 is 1.14 bits per heavy atom. The van der Waals surface area contributed by atoms with Crippen LogP contribution < -0.4 is 0 Å². The fourth-order valence-corrected chi connectivity index (χ4v) is 2.86. The Balaban J connectivity index is 1.70. The number of alkyl halides is 1. The topological polar surface area (TPSA) is 35.6 Å². The molecule has 0 saturated carbocycles. The van der Waals surface area contributed by atoms with Gasteiger partial charge in [0.1, 0.15) is 5.82 Å². The number of hydrogen-bond acceptors (Lipinski definition) is 2. The van der Waals surface area contributed by atoms with E-state index in [1.165, 1.54) is 0 Å². The Morgan fingerprint density at radius 2 is 2.00 bits per heavy atom. The van der Waals surface area contributed by atoms with E-state index in [1.807, 2.05) is 30.7 Å². The number of unbranched alkanes of at least 4 members (excludes halogenated alkanes) is 1. The lowest BCUT2D eigenvalue weighted by Crippen LogP contribution is -2.04. The van der Waals surface area contributed by atoms with Crippen LogP contribution in [0.5, 0.6) is 0 Å². The van der Waals surface area contributed by atoms with Crippen molar-refractivity contribution in [2.75, 3.05) is 0 Å². The second kappa shape index (κ2) is 6.50. The van der Waals surface area contributed by atoms with Crippen LogP contribution in [-0.2, 0) is 19.0 Å². The Bertz CT molecular complexity index is 719. The van der Waals surface area contributed by atoms with E-state index < -0.39 is 0 Å². The van der Waals surface area contributed by atoms with Crippen molar-refractivity contribution in [3.05, 3.63) is 47.8 Å². The third-order valence-electron chi connectivity index (χ3n) is 3.52. The summed E-state index contributed by atoms with van der Waals surface area (Å²) >= 11 is 12.0. The standard InChI is InChI=1S/C15H16Cl2N4/c16-10-15-19-13-9-12(17)3-4-14(13)21(15)7-2-1-6-20-8-5-18-11-20/h3-5,8-9,11H,1-2,6-7,10H2. The monoisotopic (exact) mass is 322 g/mol. The molecule has 2 aromatic heterocycles. The zero-order valence-electron chi connectivity index (χ0n) is 11.5. The van der Waals surface area contributed by atoms with Gasteiger partial charge in [0.25, 0.3) is 0 Å². The maximum absolute atomic E-state index is 6.02. The highest BCUT2D eigenvalue weighted by Crippen LogP contribution is 2.22. The first-order valence-electron chi connectivity index (χ1n) is 6.94. The van der Waals surface area contributed by atoms with Crippen LogP contribution in [0.15, 0.2) is 36.9 Å². The number of fused-ring (bicyclic) bond motifs is 1. The summed E-state index contributed by atoms with van der Waals surface area (Å²) in [6.07, 6.45) is 7.79. The summed E-state index contributed by atoms with van der Waals surface area (Å²) in [5.41, 5.74) is 2.01. The molecule has 3 rings (SSSR count). The molecule has 21 heavy (non-hydrogen) atoms. The van der Waals surface area contributed by atoms with Gasteiger partial charge in [-0.2, -0.15) is 0 Å². The minimum absolute atomic E-state index is 0.411. The highest BCUT2D eigenvalue weighted by atomic mass is 35.5. The number of hydrogen-bond donors (Lipinski definition) is 0. The number of aromatic nitrogens is 4. The maximum atomic E-state index is 6.02. The van der Waals surface area contributed by atoms with Gasteiger partial charge >= 0.3 is 0 Å². The highest BCUT2D eigenvalue weighted by molar-refractivity contribution is 6.31. The van der Waals surface area contributed by atoms with E-state index in [4.69, 9.17) is 23.2 Å². The number of benzene rings is 1. The fraction of sp³-hybridized carbons (Fsp3) is 0.333. The Morgan fingerprint density at radius 3 is 2.76 bits per heavy atom. The summed E-state index contributed by atoms with van der Waals surface area (Å²) in [4.78, 5) is 8.60. The van der Waals surface area contributed by atoms with Gasteiger partial charge in [-0.3, -0.25) is 0 Å². The zero-order chi connectivity index (χ0) is 14.7. The van der Waals surface area contributed by atoms with E-state index in [1.54, 1.807) is 6.20 Å². The van der Waals surface area contributed by atoms with Gasteiger partial charge in [-0.05, 0) is 31.0 Å². The van der Waals surface area contributed by atoms with Crippen molar-refractivity contribution in [2.45, 2.75) is 31.8 Å². The van der Waals surface area contributed by atoms with Gasteiger partial charge in [0.2, 0.25) is 0 Å². The molecule has 0 amide bonds. The molecule has 2 heterocycles. The molecule has 4 nitrogen and oxygen atoms in total. The second-order valence-electron chi connectivity index (χ2n) is 4.95. The van der Waals surface area contributed by atoms with Crippen molar-refractivity contribution in [1.29, 1.82) is 0 Å². The SMILES string of the molecule is ClCc1nc2cc(Cl)ccc2n1CCCCn1ccnc1. The van der Waals surface area contributed by atoms with Gasteiger partial charge < -0.3 is 9.13 Å². The Labute approximate surface area is 133 Å². The van der Waals surface area contributed by atoms with Gasteiger partial charge in [0.15, 0.2) is 0 Å². The molecular weight excluding hydrogens is 307 g/mol. The second-order valence-corrected chi connectivity index (χ2v) is 5.66. The fourth-order valence-electron chi connectivity index (χ4n) is 2.49. The van der Waals surface area contributed by atoms with Crippen LogP contribution in [0.4, 0.5) is 0 Å². The highest BCUT2D eigenvalue weighted by Gasteiger charge is 2.09. The van der Waals surface area contributed by atoms with Gasteiger partial charge in [-0.1, -0.05) is 11.6 Å². The minimum Gasteiger partial charge on any atom is -0.337 e. The van der Waals surface area contributed by atoms with Crippen molar-refractivity contribution < 1.29 is 0 Å². The van der Waals surface area contributed by atoms with E-state index >= 15 is 0 Å². The summed E-state index contributed by atoms with van der Waals surface area (Å²) in [6, 6.07) is 5.79. The van der Waals surface area contributed by atoms with Crippen LogP contribution in [0.25, 0.3) is 11.0 Å². The summed E-state index contributed by atoms with van der Waals surface area (Å²) in [5.74, 6) is 1.31. The Hall–Kier alpha value is -1.52. The number of imidazole rings is 2. The average molecular weight is 323 g/mol. The van der Waals surface area contributed by atoms with Gasteiger partial charge in [0, 0.05) is 30.5 Å². The molecule has 0 atom stereocenters. The van der Waals surface area contributed by atoms with Crippen LogP contribution in [0.1, 0.15) is 18.7 Å². The summed E-state index contributed by atoms with van der Waals surface area (Å²) < 4.78 is 4.28. The molecule has 1 aromatic carbocycles. The minimum atomic E-state index is 0.411.